The first-order valence-corrected chi connectivity index (χ1v) is 7.44. The fourth-order valence-electron chi connectivity index (χ4n) is 2.04. The largest absolute Gasteiger partial charge is 0.491 e. The minimum absolute atomic E-state index is 0.196. The zero-order chi connectivity index (χ0) is 14.6. The molecule has 0 aromatic heterocycles. The van der Waals surface area contributed by atoms with Crippen LogP contribution >= 0.6 is 0 Å². The standard InChI is InChI=1S/C17H24N2O/c1-4-17(2,3)13-5-9-16(10-6-13)20-12-15(11-18)19-14-7-8-14/h5-6,9-10,14-15,19H,4,7-8,12H2,1-3H3. The van der Waals surface area contributed by atoms with E-state index in [0.29, 0.717) is 12.6 Å². The van der Waals surface area contributed by atoms with E-state index >= 15 is 0 Å². The first-order chi connectivity index (χ1) is 9.55. The van der Waals surface area contributed by atoms with Gasteiger partial charge in [-0.25, -0.2) is 0 Å². The van der Waals surface area contributed by atoms with Gasteiger partial charge < -0.3 is 4.74 Å². The number of ether oxygens (including phenoxy) is 1. The summed E-state index contributed by atoms with van der Waals surface area (Å²) in [6.45, 7) is 7.09. The molecule has 0 bridgehead atoms. The van der Waals surface area contributed by atoms with Crippen LogP contribution in [0, 0.1) is 11.3 Å². The van der Waals surface area contributed by atoms with E-state index in [-0.39, 0.29) is 11.5 Å². The molecule has 0 amide bonds. The molecular formula is C17H24N2O. The monoisotopic (exact) mass is 272 g/mol. The summed E-state index contributed by atoms with van der Waals surface area (Å²) in [4.78, 5) is 0. The molecule has 0 aliphatic heterocycles. The van der Waals surface area contributed by atoms with Crippen molar-refractivity contribution in [2.75, 3.05) is 6.61 Å². The van der Waals surface area contributed by atoms with Gasteiger partial charge in [-0.15, -0.1) is 0 Å². The van der Waals surface area contributed by atoms with Gasteiger partial charge in [-0.3, -0.25) is 5.32 Å². The minimum Gasteiger partial charge on any atom is -0.491 e. The van der Waals surface area contributed by atoms with Crippen LogP contribution in [-0.2, 0) is 5.41 Å². The van der Waals surface area contributed by atoms with Crippen LogP contribution in [0.4, 0.5) is 0 Å². The lowest BCUT2D eigenvalue weighted by Crippen LogP contribution is -2.34. The van der Waals surface area contributed by atoms with Gasteiger partial charge in [0, 0.05) is 6.04 Å². The summed E-state index contributed by atoms with van der Waals surface area (Å²) in [5.74, 6) is 0.832. The van der Waals surface area contributed by atoms with Crippen LogP contribution in [0.3, 0.4) is 0 Å². The molecule has 1 fully saturated rings. The van der Waals surface area contributed by atoms with Crippen LogP contribution in [0.2, 0.25) is 0 Å². The fourth-order valence-corrected chi connectivity index (χ4v) is 2.04. The Balaban J connectivity index is 1.88. The quantitative estimate of drug-likeness (QED) is 0.827. The number of nitriles is 1. The predicted molar refractivity (Wildman–Crippen MR) is 80.8 cm³/mol. The molecule has 108 valence electrons. The van der Waals surface area contributed by atoms with E-state index in [1.165, 1.54) is 18.4 Å². The zero-order valence-corrected chi connectivity index (χ0v) is 12.6. The summed E-state index contributed by atoms with van der Waals surface area (Å²) in [5.41, 5.74) is 1.52. The van der Waals surface area contributed by atoms with E-state index in [2.05, 4.69) is 44.3 Å². The number of hydrogen-bond donors (Lipinski definition) is 1. The molecule has 1 saturated carbocycles. The smallest absolute Gasteiger partial charge is 0.130 e. The summed E-state index contributed by atoms with van der Waals surface area (Å²) >= 11 is 0. The molecule has 0 saturated heterocycles. The Kier molecular flexibility index (Phi) is 4.67. The fraction of sp³-hybridized carbons (Fsp3) is 0.588. The van der Waals surface area contributed by atoms with Crippen molar-refractivity contribution in [2.24, 2.45) is 0 Å². The molecule has 0 heterocycles. The number of benzene rings is 1. The van der Waals surface area contributed by atoms with E-state index < -0.39 is 0 Å². The highest BCUT2D eigenvalue weighted by Crippen LogP contribution is 2.28. The molecule has 1 aromatic carbocycles. The molecule has 3 heteroatoms. The van der Waals surface area contributed by atoms with E-state index in [1.54, 1.807) is 0 Å². The summed E-state index contributed by atoms with van der Waals surface area (Å²) < 4.78 is 5.70. The molecule has 2 rings (SSSR count). The number of nitrogens with zero attached hydrogens (tertiary/aromatic N) is 1. The van der Waals surface area contributed by atoms with Gasteiger partial charge in [0.15, 0.2) is 0 Å². The molecule has 0 spiro atoms. The predicted octanol–water partition coefficient (Wildman–Crippen LogP) is 3.40. The second kappa shape index (κ2) is 6.28. The average Bonchev–Trinajstić information content (AvgIpc) is 3.28. The lowest BCUT2D eigenvalue weighted by molar-refractivity contribution is 0.288. The highest BCUT2D eigenvalue weighted by molar-refractivity contribution is 5.31. The van der Waals surface area contributed by atoms with Gasteiger partial charge in [-0.2, -0.15) is 5.26 Å². The zero-order valence-electron chi connectivity index (χ0n) is 12.6. The summed E-state index contributed by atoms with van der Waals surface area (Å²) in [6, 6.07) is 10.8. The Morgan fingerprint density at radius 3 is 2.50 bits per heavy atom. The third kappa shape index (κ3) is 3.98. The van der Waals surface area contributed by atoms with Gasteiger partial charge in [-0.05, 0) is 42.4 Å². The van der Waals surface area contributed by atoms with Crippen molar-refractivity contribution in [3.8, 4) is 11.8 Å². The van der Waals surface area contributed by atoms with Crippen molar-refractivity contribution in [1.29, 1.82) is 5.26 Å². The number of nitrogens with one attached hydrogen (secondary N) is 1. The van der Waals surface area contributed by atoms with Gasteiger partial charge in [0.1, 0.15) is 18.4 Å². The third-order valence-electron chi connectivity index (χ3n) is 4.11. The van der Waals surface area contributed by atoms with Crippen molar-refractivity contribution < 1.29 is 4.74 Å². The number of rotatable bonds is 7. The summed E-state index contributed by atoms with van der Waals surface area (Å²) in [6.07, 6.45) is 3.47. The molecule has 3 nitrogen and oxygen atoms in total. The molecule has 1 aliphatic carbocycles. The highest BCUT2D eigenvalue weighted by atomic mass is 16.5. The maximum atomic E-state index is 9.07. The van der Waals surface area contributed by atoms with Crippen LogP contribution in [0.25, 0.3) is 0 Å². The highest BCUT2D eigenvalue weighted by Gasteiger charge is 2.24. The SMILES string of the molecule is CCC(C)(C)c1ccc(OCC(C#N)NC2CC2)cc1. The van der Waals surface area contributed by atoms with Crippen molar-refractivity contribution in [1.82, 2.24) is 5.32 Å². The molecule has 1 atom stereocenters. The van der Waals surface area contributed by atoms with Crippen molar-refractivity contribution in [3.05, 3.63) is 29.8 Å². The summed E-state index contributed by atoms with van der Waals surface area (Å²) in [7, 11) is 0. The Hall–Kier alpha value is -1.53. The minimum atomic E-state index is -0.214. The van der Waals surface area contributed by atoms with Crippen molar-refractivity contribution in [3.63, 3.8) is 0 Å². The Labute approximate surface area is 121 Å². The van der Waals surface area contributed by atoms with Gasteiger partial charge >= 0.3 is 0 Å². The molecule has 1 aliphatic rings. The molecule has 0 radical (unpaired) electrons. The van der Waals surface area contributed by atoms with Crippen molar-refractivity contribution >= 4 is 0 Å². The lowest BCUT2D eigenvalue weighted by Gasteiger charge is -2.23. The van der Waals surface area contributed by atoms with Crippen LogP contribution in [0.15, 0.2) is 24.3 Å². The van der Waals surface area contributed by atoms with Crippen molar-refractivity contribution in [2.45, 2.75) is 57.5 Å². The van der Waals surface area contributed by atoms with Gasteiger partial charge in [0.25, 0.3) is 0 Å². The van der Waals surface area contributed by atoms with Gasteiger partial charge in [0.05, 0.1) is 6.07 Å². The maximum absolute atomic E-state index is 9.07. The molecule has 1 N–H and O–H groups in total. The van der Waals surface area contributed by atoms with Gasteiger partial charge in [-0.1, -0.05) is 32.9 Å². The molecule has 20 heavy (non-hydrogen) atoms. The second-order valence-corrected chi connectivity index (χ2v) is 6.20. The van der Waals surface area contributed by atoms with Crippen LogP contribution < -0.4 is 10.1 Å². The maximum Gasteiger partial charge on any atom is 0.130 e. The molecule has 1 unspecified atom stereocenters. The molecule has 1 aromatic rings. The van der Waals surface area contributed by atoms with E-state index in [1.807, 2.05) is 12.1 Å². The van der Waals surface area contributed by atoms with Crippen LogP contribution in [0.1, 0.15) is 45.6 Å². The summed E-state index contributed by atoms with van der Waals surface area (Å²) in [5, 5.41) is 12.3. The topological polar surface area (TPSA) is 45.0 Å². The normalized spacial score (nSPS) is 16.5. The lowest BCUT2D eigenvalue weighted by atomic mass is 9.82. The third-order valence-corrected chi connectivity index (χ3v) is 4.11. The second-order valence-electron chi connectivity index (χ2n) is 6.20. The van der Waals surface area contributed by atoms with E-state index in [9.17, 15) is 0 Å². The van der Waals surface area contributed by atoms with E-state index in [4.69, 9.17) is 10.00 Å². The Morgan fingerprint density at radius 2 is 2.00 bits per heavy atom. The molecular weight excluding hydrogens is 248 g/mol. The number of hydrogen-bond acceptors (Lipinski definition) is 3. The Morgan fingerprint density at radius 1 is 1.35 bits per heavy atom. The average molecular weight is 272 g/mol. The van der Waals surface area contributed by atoms with Gasteiger partial charge in [0.2, 0.25) is 0 Å². The van der Waals surface area contributed by atoms with Crippen LogP contribution in [-0.4, -0.2) is 18.7 Å². The first kappa shape index (κ1) is 14.9. The van der Waals surface area contributed by atoms with Crippen LogP contribution in [0.5, 0.6) is 5.75 Å². The first-order valence-electron chi connectivity index (χ1n) is 7.44. The Bertz CT molecular complexity index is 469. The van der Waals surface area contributed by atoms with E-state index in [0.717, 1.165) is 12.2 Å².